The van der Waals surface area contributed by atoms with Gasteiger partial charge in [0.25, 0.3) is 0 Å². The second-order valence-corrected chi connectivity index (χ2v) is 3.69. The topological polar surface area (TPSA) is 47.3 Å². The minimum atomic E-state index is -0.578. The summed E-state index contributed by atoms with van der Waals surface area (Å²) < 4.78 is 5.87. The molecular formula is C10H5BrO3. The number of ketones is 1. The zero-order chi connectivity index (χ0) is 10.1. The molecule has 4 heteroatoms. The summed E-state index contributed by atoms with van der Waals surface area (Å²) in [5, 5.41) is 0.796. The van der Waals surface area contributed by atoms with Crippen molar-refractivity contribution in [2.45, 2.75) is 0 Å². The SMILES string of the molecule is O=CC(=O)c1cc(Br)cc2ccoc12. The summed E-state index contributed by atoms with van der Waals surface area (Å²) in [5.41, 5.74) is 0.736. The van der Waals surface area contributed by atoms with Crippen molar-refractivity contribution >= 4 is 39.0 Å². The summed E-state index contributed by atoms with van der Waals surface area (Å²) in [6.45, 7) is 0. The summed E-state index contributed by atoms with van der Waals surface area (Å²) in [6.07, 6.45) is 1.77. The van der Waals surface area contributed by atoms with Crippen molar-refractivity contribution in [1.29, 1.82) is 0 Å². The van der Waals surface area contributed by atoms with E-state index in [1.165, 1.54) is 6.26 Å². The second-order valence-electron chi connectivity index (χ2n) is 2.77. The van der Waals surface area contributed by atoms with Gasteiger partial charge in [-0.05, 0) is 18.2 Å². The van der Waals surface area contributed by atoms with Crippen molar-refractivity contribution in [3.05, 3.63) is 34.5 Å². The van der Waals surface area contributed by atoms with Gasteiger partial charge < -0.3 is 4.42 Å². The summed E-state index contributed by atoms with van der Waals surface area (Å²) in [7, 11) is 0. The van der Waals surface area contributed by atoms with Crippen molar-refractivity contribution in [1.82, 2.24) is 0 Å². The van der Waals surface area contributed by atoms with Crippen LogP contribution in [0, 0.1) is 0 Å². The normalized spacial score (nSPS) is 10.4. The van der Waals surface area contributed by atoms with E-state index in [0.29, 0.717) is 5.58 Å². The highest BCUT2D eigenvalue weighted by Gasteiger charge is 2.12. The Bertz CT molecular complexity index is 513. The molecule has 1 aromatic carbocycles. The average Bonchev–Trinajstić information content (AvgIpc) is 2.62. The molecule has 70 valence electrons. The van der Waals surface area contributed by atoms with E-state index < -0.39 is 5.78 Å². The summed E-state index contributed by atoms with van der Waals surface area (Å²) >= 11 is 3.26. The lowest BCUT2D eigenvalue weighted by Crippen LogP contribution is -1.99. The fourth-order valence-electron chi connectivity index (χ4n) is 1.29. The van der Waals surface area contributed by atoms with E-state index in [-0.39, 0.29) is 11.8 Å². The molecule has 0 N–H and O–H groups in total. The fourth-order valence-corrected chi connectivity index (χ4v) is 1.77. The number of Topliss-reactive ketones (excluding diaryl/α,β-unsaturated/α-hetero) is 1. The Morgan fingerprint density at radius 3 is 2.93 bits per heavy atom. The summed E-state index contributed by atoms with van der Waals surface area (Å²) in [5.74, 6) is -0.578. The maximum Gasteiger partial charge on any atom is 0.229 e. The molecule has 1 heterocycles. The fraction of sp³-hybridized carbons (Fsp3) is 0. The number of fused-ring (bicyclic) bond motifs is 1. The Balaban J connectivity index is 2.78. The number of benzene rings is 1. The Labute approximate surface area is 87.8 Å². The Hall–Kier alpha value is -1.42. The van der Waals surface area contributed by atoms with Crippen LogP contribution in [-0.4, -0.2) is 12.1 Å². The van der Waals surface area contributed by atoms with Gasteiger partial charge in [0.1, 0.15) is 5.58 Å². The van der Waals surface area contributed by atoms with Crippen molar-refractivity contribution < 1.29 is 14.0 Å². The van der Waals surface area contributed by atoms with E-state index >= 15 is 0 Å². The zero-order valence-electron chi connectivity index (χ0n) is 6.99. The number of carbonyl (C=O) groups excluding carboxylic acids is 2. The van der Waals surface area contributed by atoms with E-state index in [0.717, 1.165) is 9.86 Å². The first-order chi connectivity index (χ1) is 6.72. The Morgan fingerprint density at radius 2 is 2.21 bits per heavy atom. The number of hydrogen-bond acceptors (Lipinski definition) is 3. The van der Waals surface area contributed by atoms with E-state index in [1.54, 1.807) is 12.1 Å². The van der Waals surface area contributed by atoms with Crippen molar-refractivity contribution in [2.24, 2.45) is 0 Å². The maximum atomic E-state index is 11.2. The lowest BCUT2D eigenvalue weighted by molar-refractivity contribution is -0.104. The van der Waals surface area contributed by atoms with Gasteiger partial charge in [0.15, 0.2) is 6.29 Å². The molecule has 0 spiro atoms. The molecule has 0 atom stereocenters. The molecule has 0 saturated carbocycles. The van der Waals surface area contributed by atoms with Crippen LogP contribution in [0.5, 0.6) is 0 Å². The van der Waals surface area contributed by atoms with Gasteiger partial charge >= 0.3 is 0 Å². The van der Waals surface area contributed by atoms with Crippen LogP contribution in [0.2, 0.25) is 0 Å². The molecule has 2 rings (SSSR count). The monoisotopic (exact) mass is 252 g/mol. The predicted octanol–water partition coefficient (Wildman–Crippen LogP) is 2.58. The highest BCUT2D eigenvalue weighted by molar-refractivity contribution is 9.10. The van der Waals surface area contributed by atoms with Gasteiger partial charge in [-0.1, -0.05) is 15.9 Å². The minimum absolute atomic E-state index is 0.281. The van der Waals surface area contributed by atoms with Gasteiger partial charge in [0, 0.05) is 9.86 Å². The highest BCUT2D eigenvalue weighted by atomic mass is 79.9. The largest absolute Gasteiger partial charge is 0.464 e. The first-order valence-electron chi connectivity index (χ1n) is 3.88. The Kier molecular flexibility index (Phi) is 2.21. The van der Waals surface area contributed by atoms with Crippen LogP contribution in [-0.2, 0) is 4.79 Å². The third kappa shape index (κ3) is 1.37. The first-order valence-corrected chi connectivity index (χ1v) is 4.68. The van der Waals surface area contributed by atoms with Gasteiger partial charge in [-0.2, -0.15) is 0 Å². The zero-order valence-corrected chi connectivity index (χ0v) is 8.58. The van der Waals surface area contributed by atoms with Crippen molar-refractivity contribution in [3.63, 3.8) is 0 Å². The molecule has 14 heavy (non-hydrogen) atoms. The lowest BCUT2D eigenvalue weighted by atomic mass is 10.1. The third-order valence-electron chi connectivity index (χ3n) is 1.89. The number of halogens is 1. The van der Waals surface area contributed by atoms with Crippen molar-refractivity contribution in [3.8, 4) is 0 Å². The third-order valence-corrected chi connectivity index (χ3v) is 2.35. The Morgan fingerprint density at radius 1 is 1.43 bits per heavy atom. The smallest absolute Gasteiger partial charge is 0.229 e. The highest BCUT2D eigenvalue weighted by Crippen LogP contribution is 2.25. The van der Waals surface area contributed by atoms with Crippen LogP contribution in [0.15, 0.2) is 33.4 Å². The van der Waals surface area contributed by atoms with E-state index in [2.05, 4.69) is 15.9 Å². The molecule has 0 amide bonds. The number of hydrogen-bond donors (Lipinski definition) is 0. The van der Waals surface area contributed by atoms with Gasteiger partial charge in [-0.25, -0.2) is 0 Å². The predicted molar refractivity (Wildman–Crippen MR) is 54.3 cm³/mol. The van der Waals surface area contributed by atoms with Crippen LogP contribution >= 0.6 is 15.9 Å². The van der Waals surface area contributed by atoms with Gasteiger partial charge in [0.2, 0.25) is 5.78 Å². The number of carbonyl (C=O) groups is 2. The van der Waals surface area contributed by atoms with Crippen LogP contribution in [0.3, 0.4) is 0 Å². The van der Waals surface area contributed by atoms with Gasteiger partial charge in [-0.3, -0.25) is 9.59 Å². The summed E-state index contributed by atoms with van der Waals surface area (Å²) in [6, 6.07) is 5.13. The molecule has 0 fully saturated rings. The molecule has 0 aliphatic heterocycles. The molecule has 0 aliphatic rings. The molecule has 0 saturated heterocycles. The standard InChI is InChI=1S/C10H5BrO3/c11-7-3-6-1-2-14-10(6)8(4-7)9(13)5-12/h1-5H. The summed E-state index contributed by atoms with van der Waals surface area (Å²) in [4.78, 5) is 21.6. The number of furan rings is 1. The van der Waals surface area contributed by atoms with Gasteiger partial charge in [-0.15, -0.1) is 0 Å². The quantitative estimate of drug-likeness (QED) is 0.469. The first kappa shape index (κ1) is 9.15. The van der Waals surface area contributed by atoms with Crippen LogP contribution in [0.4, 0.5) is 0 Å². The van der Waals surface area contributed by atoms with E-state index in [4.69, 9.17) is 4.42 Å². The van der Waals surface area contributed by atoms with Crippen LogP contribution in [0.25, 0.3) is 11.0 Å². The molecule has 1 aromatic heterocycles. The minimum Gasteiger partial charge on any atom is -0.464 e. The molecule has 0 radical (unpaired) electrons. The molecule has 0 aliphatic carbocycles. The number of aldehydes is 1. The number of rotatable bonds is 2. The molecule has 0 unspecified atom stereocenters. The molecule has 0 bridgehead atoms. The van der Waals surface area contributed by atoms with Crippen LogP contribution < -0.4 is 0 Å². The molecule has 3 nitrogen and oxygen atoms in total. The van der Waals surface area contributed by atoms with Crippen molar-refractivity contribution in [2.75, 3.05) is 0 Å². The van der Waals surface area contributed by atoms with E-state index in [1.807, 2.05) is 6.07 Å². The average molecular weight is 253 g/mol. The van der Waals surface area contributed by atoms with Gasteiger partial charge in [0.05, 0.1) is 11.8 Å². The molecule has 2 aromatic rings. The lowest BCUT2D eigenvalue weighted by Gasteiger charge is -1.97. The van der Waals surface area contributed by atoms with E-state index in [9.17, 15) is 9.59 Å². The van der Waals surface area contributed by atoms with Crippen LogP contribution in [0.1, 0.15) is 10.4 Å². The maximum absolute atomic E-state index is 11.2. The molecular weight excluding hydrogens is 248 g/mol. The second kappa shape index (κ2) is 3.38.